The van der Waals surface area contributed by atoms with Gasteiger partial charge in [-0.3, -0.25) is 9.10 Å². The molecule has 0 aliphatic heterocycles. The van der Waals surface area contributed by atoms with Crippen molar-refractivity contribution in [1.29, 1.82) is 0 Å². The Hall–Kier alpha value is -2.32. The maximum Gasteiger partial charge on any atom is 0.232 e. The van der Waals surface area contributed by atoms with E-state index in [1.165, 1.54) is 18.2 Å². The molecule has 0 aliphatic rings. The lowest BCUT2D eigenvalue weighted by Gasteiger charge is -2.22. The molecule has 0 saturated carbocycles. The molecule has 1 amide bonds. The number of benzene rings is 2. The van der Waals surface area contributed by atoms with E-state index in [1.54, 1.807) is 24.3 Å². The predicted octanol–water partition coefficient (Wildman–Crippen LogP) is 3.22. The maximum atomic E-state index is 13.4. The van der Waals surface area contributed by atoms with Crippen LogP contribution in [0.15, 0.2) is 48.5 Å². The summed E-state index contributed by atoms with van der Waals surface area (Å²) in [6, 6.07) is 12.4. The van der Waals surface area contributed by atoms with Gasteiger partial charge in [0, 0.05) is 13.0 Å². The highest BCUT2D eigenvalue weighted by atomic mass is 35.5. The number of hydrogen-bond donors (Lipinski definition) is 1. The number of ether oxygens (including phenoxy) is 1. The van der Waals surface area contributed by atoms with E-state index in [4.69, 9.17) is 16.3 Å². The zero-order valence-corrected chi connectivity index (χ0v) is 17.0. The number of sulfonamides is 1. The van der Waals surface area contributed by atoms with E-state index in [9.17, 15) is 17.6 Å². The van der Waals surface area contributed by atoms with E-state index >= 15 is 0 Å². The van der Waals surface area contributed by atoms with Gasteiger partial charge < -0.3 is 10.1 Å². The fourth-order valence-corrected chi connectivity index (χ4v) is 3.65. The Morgan fingerprint density at radius 2 is 1.96 bits per heavy atom. The van der Waals surface area contributed by atoms with Crippen molar-refractivity contribution in [3.05, 3.63) is 59.4 Å². The molecular formula is C19H22ClFN2O4S. The van der Waals surface area contributed by atoms with Crippen molar-refractivity contribution < 1.29 is 22.3 Å². The molecule has 0 bridgehead atoms. The first kappa shape index (κ1) is 22.0. The summed E-state index contributed by atoms with van der Waals surface area (Å²) in [6.45, 7) is 0.629. The first-order chi connectivity index (χ1) is 13.3. The highest BCUT2D eigenvalue weighted by Gasteiger charge is 2.18. The lowest BCUT2D eigenvalue weighted by molar-refractivity contribution is -0.121. The third kappa shape index (κ3) is 7.01. The summed E-state index contributed by atoms with van der Waals surface area (Å²) in [7, 11) is -3.59. The second kappa shape index (κ2) is 10.3. The van der Waals surface area contributed by atoms with Gasteiger partial charge in [-0.15, -0.1) is 0 Å². The molecule has 6 nitrogen and oxygen atoms in total. The van der Waals surface area contributed by atoms with E-state index in [0.29, 0.717) is 23.7 Å². The van der Waals surface area contributed by atoms with Crippen LogP contribution in [0.25, 0.3) is 0 Å². The quantitative estimate of drug-likeness (QED) is 0.589. The largest absolute Gasteiger partial charge is 0.490 e. The van der Waals surface area contributed by atoms with Crippen LogP contribution in [0.3, 0.4) is 0 Å². The fourth-order valence-electron chi connectivity index (χ4n) is 2.50. The molecule has 0 saturated heterocycles. The fraction of sp³-hybridized carbons (Fsp3) is 0.316. The Morgan fingerprint density at radius 1 is 1.21 bits per heavy atom. The number of halogens is 2. The summed E-state index contributed by atoms with van der Waals surface area (Å²) in [5.74, 6) is -0.213. The monoisotopic (exact) mass is 428 g/mol. The molecule has 0 heterocycles. The van der Waals surface area contributed by atoms with Crippen LogP contribution in [0.1, 0.15) is 12.8 Å². The Balaban J connectivity index is 1.76. The van der Waals surface area contributed by atoms with Crippen LogP contribution < -0.4 is 14.4 Å². The average molecular weight is 429 g/mol. The van der Waals surface area contributed by atoms with Gasteiger partial charge >= 0.3 is 0 Å². The molecule has 0 atom stereocenters. The molecule has 0 unspecified atom stereocenters. The van der Waals surface area contributed by atoms with Crippen LogP contribution >= 0.6 is 11.6 Å². The van der Waals surface area contributed by atoms with Gasteiger partial charge in [-0.25, -0.2) is 12.8 Å². The Labute approximate surface area is 169 Å². The van der Waals surface area contributed by atoms with Gasteiger partial charge in [-0.05, 0) is 36.8 Å². The van der Waals surface area contributed by atoms with Crippen LogP contribution in [0.2, 0.25) is 5.02 Å². The summed E-state index contributed by atoms with van der Waals surface area (Å²) in [6.07, 6.45) is 1.47. The topological polar surface area (TPSA) is 75.7 Å². The number of rotatable bonds is 10. The molecule has 0 spiro atoms. The summed E-state index contributed by atoms with van der Waals surface area (Å²) in [4.78, 5) is 11.9. The number of carbonyl (C=O) groups excluding carboxylic acids is 1. The molecular weight excluding hydrogens is 407 g/mol. The zero-order chi connectivity index (χ0) is 20.6. The number of amides is 1. The average Bonchev–Trinajstić information content (AvgIpc) is 2.62. The second-order valence-electron chi connectivity index (χ2n) is 6.05. The number of nitrogens with zero attached hydrogens (tertiary/aromatic N) is 1. The third-order valence-electron chi connectivity index (χ3n) is 3.78. The third-order valence-corrected chi connectivity index (χ3v) is 5.29. The SMILES string of the molecule is CS(=O)(=O)N(CCCC(=O)NCCOc1ccccc1Cl)c1cccc(F)c1. The van der Waals surface area contributed by atoms with Crippen LogP contribution in [-0.4, -0.2) is 40.3 Å². The Morgan fingerprint density at radius 3 is 2.64 bits per heavy atom. The molecule has 0 fully saturated rings. The lowest BCUT2D eigenvalue weighted by atomic mass is 10.2. The van der Waals surface area contributed by atoms with Crippen LogP contribution in [0.5, 0.6) is 5.75 Å². The van der Waals surface area contributed by atoms with Crippen molar-refractivity contribution in [1.82, 2.24) is 5.32 Å². The van der Waals surface area contributed by atoms with Gasteiger partial charge in [0.05, 0.1) is 23.5 Å². The molecule has 2 aromatic rings. The minimum Gasteiger partial charge on any atom is -0.490 e. The highest BCUT2D eigenvalue weighted by molar-refractivity contribution is 7.92. The van der Waals surface area contributed by atoms with Crippen molar-refractivity contribution in [3.8, 4) is 5.75 Å². The number of nitrogens with one attached hydrogen (secondary N) is 1. The molecule has 2 aromatic carbocycles. The molecule has 2 rings (SSSR count). The van der Waals surface area contributed by atoms with E-state index in [-0.39, 0.29) is 31.2 Å². The molecule has 1 N–H and O–H groups in total. The molecule has 0 aromatic heterocycles. The smallest absolute Gasteiger partial charge is 0.232 e. The minimum atomic E-state index is -3.59. The van der Waals surface area contributed by atoms with E-state index in [1.807, 2.05) is 0 Å². The van der Waals surface area contributed by atoms with Crippen molar-refractivity contribution in [2.24, 2.45) is 0 Å². The Bertz CT molecular complexity index is 908. The number of hydrogen-bond acceptors (Lipinski definition) is 4. The first-order valence-corrected chi connectivity index (χ1v) is 10.9. The van der Waals surface area contributed by atoms with Crippen molar-refractivity contribution >= 4 is 33.2 Å². The molecule has 28 heavy (non-hydrogen) atoms. The molecule has 152 valence electrons. The van der Waals surface area contributed by atoms with Crippen LogP contribution in [0.4, 0.5) is 10.1 Å². The number of carbonyl (C=O) groups is 1. The normalized spacial score (nSPS) is 11.1. The van der Waals surface area contributed by atoms with Crippen LogP contribution in [-0.2, 0) is 14.8 Å². The van der Waals surface area contributed by atoms with Gasteiger partial charge in [-0.1, -0.05) is 29.8 Å². The van der Waals surface area contributed by atoms with E-state index < -0.39 is 15.8 Å². The number of anilines is 1. The second-order valence-corrected chi connectivity index (χ2v) is 8.36. The molecule has 0 radical (unpaired) electrons. The Kier molecular flexibility index (Phi) is 8.07. The van der Waals surface area contributed by atoms with Gasteiger partial charge in [-0.2, -0.15) is 0 Å². The minimum absolute atomic E-state index is 0.0752. The van der Waals surface area contributed by atoms with Crippen LogP contribution in [0, 0.1) is 5.82 Å². The van der Waals surface area contributed by atoms with E-state index in [2.05, 4.69) is 5.32 Å². The summed E-state index contributed by atoms with van der Waals surface area (Å²) in [5.41, 5.74) is 0.232. The van der Waals surface area contributed by atoms with Crippen molar-refractivity contribution in [2.45, 2.75) is 12.8 Å². The summed E-state index contributed by atoms with van der Waals surface area (Å²) >= 11 is 5.97. The first-order valence-electron chi connectivity index (χ1n) is 8.64. The molecule has 9 heteroatoms. The van der Waals surface area contributed by atoms with E-state index in [0.717, 1.165) is 16.6 Å². The number of para-hydroxylation sites is 1. The summed E-state index contributed by atoms with van der Waals surface area (Å²) in [5, 5.41) is 3.19. The zero-order valence-electron chi connectivity index (χ0n) is 15.4. The highest BCUT2D eigenvalue weighted by Crippen LogP contribution is 2.22. The summed E-state index contributed by atoms with van der Waals surface area (Å²) < 4.78 is 43.9. The van der Waals surface area contributed by atoms with Gasteiger partial charge in [0.15, 0.2) is 0 Å². The standard InChI is InChI=1S/C19H22ClFN2O4S/c1-28(25,26)23(16-7-4-6-15(21)14-16)12-5-10-19(24)22-11-13-27-18-9-3-2-8-17(18)20/h2-4,6-9,14H,5,10-13H2,1H3,(H,22,24). The van der Waals surface area contributed by atoms with Crippen molar-refractivity contribution in [2.75, 3.05) is 30.3 Å². The maximum absolute atomic E-state index is 13.4. The van der Waals surface area contributed by atoms with Gasteiger partial charge in [0.25, 0.3) is 0 Å². The lowest BCUT2D eigenvalue weighted by Crippen LogP contribution is -2.33. The van der Waals surface area contributed by atoms with Crippen molar-refractivity contribution in [3.63, 3.8) is 0 Å². The van der Waals surface area contributed by atoms with Gasteiger partial charge in [0.1, 0.15) is 18.2 Å². The predicted molar refractivity (Wildman–Crippen MR) is 108 cm³/mol. The molecule has 0 aliphatic carbocycles. The van der Waals surface area contributed by atoms with Gasteiger partial charge in [0.2, 0.25) is 15.9 Å².